The Morgan fingerprint density at radius 3 is 3.27 bits per heavy atom. The van der Waals surface area contributed by atoms with E-state index in [-0.39, 0.29) is 0 Å². The summed E-state index contributed by atoms with van der Waals surface area (Å²) >= 11 is 0. The van der Waals surface area contributed by atoms with Crippen LogP contribution in [-0.2, 0) is 11.3 Å². The molecular formula is C11H19N3O. The lowest BCUT2D eigenvalue weighted by molar-refractivity contribution is 0.185. The van der Waals surface area contributed by atoms with Gasteiger partial charge in [0.25, 0.3) is 0 Å². The number of hydrogen-bond donors (Lipinski definition) is 1. The van der Waals surface area contributed by atoms with Crippen molar-refractivity contribution in [1.29, 1.82) is 0 Å². The number of ether oxygens (including phenoxy) is 1. The lowest BCUT2D eigenvalue weighted by atomic mass is 10.1. The molecule has 0 aliphatic carbocycles. The molecule has 0 amide bonds. The molecule has 1 aromatic rings. The fourth-order valence-electron chi connectivity index (χ4n) is 1.83. The minimum Gasteiger partial charge on any atom is -0.381 e. The van der Waals surface area contributed by atoms with Gasteiger partial charge in [-0.05, 0) is 25.3 Å². The third-order valence-corrected chi connectivity index (χ3v) is 2.75. The Labute approximate surface area is 90.6 Å². The van der Waals surface area contributed by atoms with Crippen molar-refractivity contribution in [3.05, 3.63) is 18.0 Å². The summed E-state index contributed by atoms with van der Waals surface area (Å²) in [5, 5.41) is 7.78. The molecule has 0 radical (unpaired) electrons. The molecule has 1 N–H and O–H groups in total. The van der Waals surface area contributed by atoms with Crippen molar-refractivity contribution >= 4 is 0 Å². The highest BCUT2D eigenvalue weighted by atomic mass is 16.5. The van der Waals surface area contributed by atoms with Crippen LogP contribution in [0.2, 0.25) is 0 Å². The first-order chi connectivity index (χ1) is 7.34. The molecule has 1 unspecified atom stereocenters. The van der Waals surface area contributed by atoms with Gasteiger partial charge >= 0.3 is 0 Å². The second kappa shape index (κ2) is 5.28. The highest BCUT2D eigenvalue weighted by Gasteiger charge is 2.14. The first-order valence-corrected chi connectivity index (χ1v) is 5.63. The second-order valence-electron chi connectivity index (χ2n) is 4.15. The third kappa shape index (κ3) is 3.32. The van der Waals surface area contributed by atoms with Gasteiger partial charge in [-0.25, -0.2) is 0 Å². The normalized spacial score (nSPS) is 21.0. The molecule has 0 saturated carbocycles. The summed E-state index contributed by atoms with van der Waals surface area (Å²) in [5.74, 6) is 0.712. The molecule has 4 heteroatoms. The van der Waals surface area contributed by atoms with Gasteiger partial charge in [0.1, 0.15) is 0 Å². The molecule has 84 valence electrons. The summed E-state index contributed by atoms with van der Waals surface area (Å²) in [6.45, 7) is 6.87. The van der Waals surface area contributed by atoms with E-state index in [9.17, 15) is 0 Å². The van der Waals surface area contributed by atoms with E-state index in [0.29, 0.717) is 5.92 Å². The van der Waals surface area contributed by atoms with E-state index in [2.05, 4.69) is 10.4 Å². The zero-order valence-corrected chi connectivity index (χ0v) is 9.28. The number of nitrogens with zero attached hydrogens (tertiary/aromatic N) is 2. The van der Waals surface area contributed by atoms with Crippen LogP contribution in [-0.4, -0.2) is 36.1 Å². The monoisotopic (exact) mass is 209 g/mol. The van der Waals surface area contributed by atoms with E-state index in [1.54, 1.807) is 0 Å². The standard InChI is InChI=1S/C11H19N3O/c1-10-2-5-14(13-10)6-4-12-8-11-3-7-15-9-11/h2,5,11-12H,3-4,6-9H2,1H3. The van der Waals surface area contributed by atoms with Crippen molar-refractivity contribution in [3.63, 3.8) is 0 Å². The Morgan fingerprint density at radius 1 is 1.67 bits per heavy atom. The largest absolute Gasteiger partial charge is 0.381 e. The van der Waals surface area contributed by atoms with Crippen molar-refractivity contribution in [3.8, 4) is 0 Å². The van der Waals surface area contributed by atoms with E-state index in [0.717, 1.165) is 38.5 Å². The summed E-state index contributed by atoms with van der Waals surface area (Å²) < 4.78 is 7.30. The number of aryl methyl sites for hydroxylation is 1. The smallest absolute Gasteiger partial charge is 0.0593 e. The van der Waals surface area contributed by atoms with Gasteiger partial charge in [-0.3, -0.25) is 4.68 Å². The van der Waals surface area contributed by atoms with Gasteiger partial charge in [0.15, 0.2) is 0 Å². The number of rotatable bonds is 5. The number of nitrogens with one attached hydrogen (secondary N) is 1. The van der Waals surface area contributed by atoms with Crippen molar-refractivity contribution in [1.82, 2.24) is 15.1 Å². The van der Waals surface area contributed by atoms with Crippen molar-refractivity contribution in [2.24, 2.45) is 5.92 Å². The van der Waals surface area contributed by atoms with Gasteiger partial charge in [0.05, 0.1) is 18.8 Å². The van der Waals surface area contributed by atoms with E-state index < -0.39 is 0 Å². The molecule has 15 heavy (non-hydrogen) atoms. The van der Waals surface area contributed by atoms with E-state index in [1.807, 2.05) is 23.9 Å². The maximum absolute atomic E-state index is 5.32. The molecule has 2 rings (SSSR count). The Bertz CT molecular complexity index is 292. The van der Waals surface area contributed by atoms with Crippen LogP contribution in [0.3, 0.4) is 0 Å². The number of aromatic nitrogens is 2. The fraction of sp³-hybridized carbons (Fsp3) is 0.727. The second-order valence-corrected chi connectivity index (χ2v) is 4.15. The summed E-state index contributed by atoms with van der Waals surface area (Å²) in [4.78, 5) is 0. The highest BCUT2D eigenvalue weighted by Crippen LogP contribution is 2.10. The molecule has 0 aromatic carbocycles. The van der Waals surface area contributed by atoms with Crippen LogP contribution >= 0.6 is 0 Å². The quantitative estimate of drug-likeness (QED) is 0.730. The predicted molar refractivity (Wildman–Crippen MR) is 58.8 cm³/mol. The van der Waals surface area contributed by atoms with Gasteiger partial charge in [0, 0.05) is 25.9 Å². The Kier molecular flexibility index (Phi) is 3.75. The molecule has 1 saturated heterocycles. The SMILES string of the molecule is Cc1ccn(CCNCC2CCOC2)n1. The van der Waals surface area contributed by atoms with E-state index >= 15 is 0 Å². The van der Waals surface area contributed by atoms with Gasteiger partial charge in [-0.1, -0.05) is 0 Å². The van der Waals surface area contributed by atoms with Crippen LogP contribution < -0.4 is 5.32 Å². The first kappa shape index (κ1) is 10.6. The molecule has 4 nitrogen and oxygen atoms in total. The Morgan fingerprint density at radius 2 is 2.60 bits per heavy atom. The van der Waals surface area contributed by atoms with Gasteiger partial charge in [-0.15, -0.1) is 0 Å². The Balaban J connectivity index is 1.58. The summed E-state index contributed by atoms with van der Waals surface area (Å²) in [7, 11) is 0. The van der Waals surface area contributed by atoms with Crippen LogP contribution in [0.4, 0.5) is 0 Å². The molecule has 0 spiro atoms. The molecule has 2 heterocycles. The molecule has 0 bridgehead atoms. The molecule has 1 fully saturated rings. The van der Waals surface area contributed by atoms with Gasteiger partial charge in [0.2, 0.25) is 0 Å². The zero-order valence-electron chi connectivity index (χ0n) is 9.28. The maximum atomic E-state index is 5.32. The van der Waals surface area contributed by atoms with Gasteiger partial charge in [-0.2, -0.15) is 5.10 Å². The van der Waals surface area contributed by atoms with Crippen LogP contribution in [0.5, 0.6) is 0 Å². The molecule has 1 atom stereocenters. The van der Waals surface area contributed by atoms with Crippen LogP contribution in [0, 0.1) is 12.8 Å². The van der Waals surface area contributed by atoms with E-state index in [4.69, 9.17) is 4.74 Å². The van der Waals surface area contributed by atoms with Crippen molar-refractivity contribution < 1.29 is 4.74 Å². The molecule has 1 aromatic heterocycles. The molecule has 1 aliphatic rings. The topological polar surface area (TPSA) is 39.1 Å². The average Bonchev–Trinajstić information content (AvgIpc) is 2.84. The molecule has 1 aliphatic heterocycles. The van der Waals surface area contributed by atoms with Crippen LogP contribution in [0.25, 0.3) is 0 Å². The lowest BCUT2D eigenvalue weighted by Gasteiger charge is -2.09. The molecular weight excluding hydrogens is 190 g/mol. The lowest BCUT2D eigenvalue weighted by Crippen LogP contribution is -2.26. The van der Waals surface area contributed by atoms with Crippen LogP contribution in [0.1, 0.15) is 12.1 Å². The third-order valence-electron chi connectivity index (χ3n) is 2.75. The summed E-state index contributed by atoms with van der Waals surface area (Å²) in [5.41, 5.74) is 1.08. The first-order valence-electron chi connectivity index (χ1n) is 5.63. The maximum Gasteiger partial charge on any atom is 0.0593 e. The minimum absolute atomic E-state index is 0.712. The van der Waals surface area contributed by atoms with Crippen LogP contribution in [0.15, 0.2) is 12.3 Å². The zero-order chi connectivity index (χ0) is 10.5. The van der Waals surface area contributed by atoms with E-state index in [1.165, 1.54) is 6.42 Å². The van der Waals surface area contributed by atoms with Gasteiger partial charge < -0.3 is 10.1 Å². The Hall–Kier alpha value is -0.870. The highest BCUT2D eigenvalue weighted by molar-refractivity contribution is 4.94. The number of hydrogen-bond acceptors (Lipinski definition) is 3. The van der Waals surface area contributed by atoms with Crippen molar-refractivity contribution in [2.75, 3.05) is 26.3 Å². The summed E-state index contributed by atoms with van der Waals surface area (Å²) in [6.07, 6.45) is 3.23. The summed E-state index contributed by atoms with van der Waals surface area (Å²) in [6, 6.07) is 2.03. The predicted octanol–water partition coefficient (Wildman–Crippen LogP) is 0.818. The van der Waals surface area contributed by atoms with Crippen molar-refractivity contribution in [2.45, 2.75) is 19.9 Å². The minimum atomic E-state index is 0.712. The fourth-order valence-corrected chi connectivity index (χ4v) is 1.83. The average molecular weight is 209 g/mol.